The molecule has 1 unspecified atom stereocenters. The van der Waals surface area contributed by atoms with E-state index in [2.05, 4.69) is 38.0 Å². The quantitative estimate of drug-likeness (QED) is 0.430. The number of guanidine groups is 1. The standard InChI is InChI=1S/C24H33N5O3/c1-25-23(30)20-6-4-5-18(15-20)16-27-24(26-2)28-17-22(29-11-13-32-14-12-29)19-7-9-21(31-3)10-8-19/h4-10,15,22H,11-14,16-17H2,1-3H3,(H,25,30)(H2,26,27,28). The van der Waals surface area contributed by atoms with Crippen molar-refractivity contribution < 1.29 is 14.3 Å². The number of benzene rings is 2. The van der Waals surface area contributed by atoms with Crippen LogP contribution < -0.4 is 20.7 Å². The predicted molar refractivity (Wildman–Crippen MR) is 126 cm³/mol. The van der Waals surface area contributed by atoms with Gasteiger partial charge < -0.3 is 25.4 Å². The second kappa shape index (κ2) is 12.1. The summed E-state index contributed by atoms with van der Waals surface area (Å²) in [6, 6.07) is 16.0. The van der Waals surface area contributed by atoms with Gasteiger partial charge in [0, 0.05) is 45.8 Å². The summed E-state index contributed by atoms with van der Waals surface area (Å²) >= 11 is 0. The Kier molecular flexibility index (Phi) is 8.89. The lowest BCUT2D eigenvalue weighted by atomic mass is 10.0. The summed E-state index contributed by atoms with van der Waals surface area (Å²) in [4.78, 5) is 18.7. The van der Waals surface area contributed by atoms with Gasteiger partial charge in [-0.3, -0.25) is 14.7 Å². The largest absolute Gasteiger partial charge is 0.497 e. The van der Waals surface area contributed by atoms with Gasteiger partial charge in [0.05, 0.1) is 26.4 Å². The Hall–Kier alpha value is -3.10. The number of nitrogens with one attached hydrogen (secondary N) is 3. The summed E-state index contributed by atoms with van der Waals surface area (Å²) in [6.45, 7) is 4.51. The number of hydrogen-bond donors (Lipinski definition) is 3. The molecule has 1 aliphatic rings. The first-order valence-corrected chi connectivity index (χ1v) is 10.9. The molecule has 32 heavy (non-hydrogen) atoms. The van der Waals surface area contributed by atoms with E-state index in [1.54, 1.807) is 27.3 Å². The molecule has 3 N–H and O–H groups in total. The molecule has 0 spiro atoms. The molecular formula is C24H33N5O3. The van der Waals surface area contributed by atoms with Crippen LogP contribution in [0.2, 0.25) is 0 Å². The fourth-order valence-corrected chi connectivity index (χ4v) is 3.74. The van der Waals surface area contributed by atoms with Crippen LogP contribution in [0.15, 0.2) is 53.5 Å². The van der Waals surface area contributed by atoms with Crippen molar-refractivity contribution in [3.8, 4) is 5.75 Å². The van der Waals surface area contributed by atoms with Crippen LogP contribution in [-0.2, 0) is 11.3 Å². The van der Waals surface area contributed by atoms with Gasteiger partial charge in [-0.15, -0.1) is 0 Å². The molecule has 8 heteroatoms. The predicted octanol–water partition coefficient (Wildman–Crippen LogP) is 1.79. The lowest BCUT2D eigenvalue weighted by Crippen LogP contribution is -2.46. The Balaban J connectivity index is 1.63. The van der Waals surface area contributed by atoms with E-state index in [1.807, 2.05) is 30.3 Å². The van der Waals surface area contributed by atoms with Gasteiger partial charge in [0.1, 0.15) is 5.75 Å². The smallest absolute Gasteiger partial charge is 0.251 e. The van der Waals surface area contributed by atoms with Crippen LogP contribution in [0.5, 0.6) is 5.75 Å². The van der Waals surface area contributed by atoms with Gasteiger partial charge in [0.2, 0.25) is 0 Å². The summed E-state index contributed by atoms with van der Waals surface area (Å²) < 4.78 is 10.9. The van der Waals surface area contributed by atoms with Gasteiger partial charge in [0.15, 0.2) is 5.96 Å². The van der Waals surface area contributed by atoms with E-state index < -0.39 is 0 Å². The zero-order chi connectivity index (χ0) is 22.8. The Labute approximate surface area is 190 Å². The van der Waals surface area contributed by atoms with Crippen molar-refractivity contribution in [2.45, 2.75) is 12.6 Å². The molecule has 1 fully saturated rings. The zero-order valence-electron chi connectivity index (χ0n) is 19.1. The first-order chi connectivity index (χ1) is 15.6. The lowest BCUT2D eigenvalue weighted by molar-refractivity contribution is 0.0170. The summed E-state index contributed by atoms with van der Waals surface area (Å²) in [7, 11) is 5.07. The number of hydrogen-bond acceptors (Lipinski definition) is 5. The Morgan fingerprint density at radius 1 is 1.16 bits per heavy atom. The van der Waals surface area contributed by atoms with Gasteiger partial charge in [-0.25, -0.2) is 0 Å². The fourth-order valence-electron chi connectivity index (χ4n) is 3.74. The highest BCUT2D eigenvalue weighted by atomic mass is 16.5. The second-order valence-corrected chi connectivity index (χ2v) is 7.52. The number of ether oxygens (including phenoxy) is 2. The average Bonchev–Trinajstić information content (AvgIpc) is 2.86. The van der Waals surface area contributed by atoms with Crippen LogP contribution in [0, 0.1) is 0 Å². The molecule has 1 saturated heterocycles. The van der Waals surface area contributed by atoms with Crippen molar-refractivity contribution in [3.63, 3.8) is 0 Å². The number of carbonyl (C=O) groups is 1. The van der Waals surface area contributed by atoms with Crippen molar-refractivity contribution in [1.82, 2.24) is 20.9 Å². The number of methoxy groups -OCH3 is 1. The van der Waals surface area contributed by atoms with E-state index in [0.717, 1.165) is 37.6 Å². The number of carbonyl (C=O) groups excluding carboxylic acids is 1. The molecule has 0 aromatic heterocycles. The maximum Gasteiger partial charge on any atom is 0.251 e. The van der Waals surface area contributed by atoms with Crippen LogP contribution in [0.4, 0.5) is 0 Å². The molecule has 0 bridgehead atoms. The van der Waals surface area contributed by atoms with Gasteiger partial charge in [-0.05, 0) is 35.4 Å². The molecule has 1 atom stereocenters. The molecule has 3 rings (SSSR count). The van der Waals surface area contributed by atoms with Gasteiger partial charge in [-0.1, -0.05) is 24.3 Å². The molecule has 0 saturated carbocycles. The number of aliphatic imine (C=N–C) groups is 1. The SMILES string of the molecule is CN=C(NCc1cccc(C(=O)NC)c1)NCC(c1ccc(OC)cc1)N1CCOCC1. The molecule has 172 valence electrons. The minimum absolute atomic E-state index is 0.0952. The number of rotatable bonds is 8. The van der Waals surface area contributed by atoms with Crippen LogP contribution >= 0.6 is 0 Å². The number of amides is 1. The first-order valence-electron chi connectivity index (χ1n) is 10.9. The van der Waals surface area contributed by atoms with Crippen molar-refractivity contribution in [3.05, 3.63) is 65.2 Å². The van der Waals surface area contributed by atoms with Crippen LogP contribution in [0.25, 0.3) is 0 Å². The molecule has 8 nitrogen and oxygen atoms in total. The molecular weight excluding hydrogens is 406 g/mol. The van der Waals surface area contributed by atoms with Crippen molar-refractivity contribution >= 4 is 11.9 Å². The molecule has 1 aliphatic heterocycles. The highest BCUT2D eigenvalue weighted by Crippen LogP contribution is 2.23. The molecule has 1 heterocycles. The topological polar surface area (TPSA) is 87.2 Å². The van der Waals surface area contributed by atoms with E-state index >= 15 is 0 Å². The highest BCUT2D eigenvalue weighted by molar-refractivity contribution is 5.94. The van der Waals surface area contributed by atoms with Gasteiger partial charge in [-0.2, -0.15) is 0 Å². The van der Waals surface area contributed by atoms with Crippen molar-refractivity contribution in [2.75, 3.05) is 54.1 Å². The maximum absolute atomic E-state index is 11.9. The second-order valence-electron chi connectivity index (χ2n) is 7.52. The Morgan fingerprint density at radius 2 is 1.91 bits per heavy atom. The Bertz CT molecular complexity index is 895. The van der Waals surface area contributed by atoms with Gasteiger partial charge in [0.25, 0.3) is 5.91 Å². The molecule has 1 amide bonds. The third-order valence-electron chi connectivity index (χ3n) is 5.55. The number of morpholine rings is 1. The van der Waals surface area contributed by atoms with Crippen LogP contribution in [-0.4, -0.2) is 70.8 Å². The highest BCUT2D eigenvalue weighted by Gasteiger charge is 2.23. The summed E-state index contributed by atoms with van der Waals surface area (Å²) in [5, 5.41) is 9.45. The maximum atomic E-state index is 11.9. The Morgan fingerprint density at radius 3 is 2.56 bits per heavy atom. The minimum Gasteiger partial charge on any atom is -0.497 e. The van der Waals surface area contributed by atoms with Crippen LogP contribution in [0.3, 0.4) is 0 Å². The van der Waals surface area contributed by atoms with Crippen LogP contribution in [0.1, 0.15) is 27.5 Å². The normalized spacial score (nSPS) is 15.7. The molecule has 2 aromatic rings. The minimum atomic E-state index is -0.0952. The third-order valence-corrected chi connectivity index (χ3v) is 5.55. The summed E-state index contributed by atoms with van der Waals surface area (Å²) in [5.41, 5.74) is 2.87. The van der Waals surface area contributed by atoms with E-state index in [1.165, 1.54) is 5.56 Å². The molecule has 0 aliphatic carbocycles. The van der Waals surface area contributed by atoms with E-state index in [4.69, 9.17) is 9.47 Å². The van der Waals surface area contributed by atoms with Gasteiger partial charge >= 0.3 is 0 Å². The van der Waals surface area contributed by atoms with Crippen molar-refractivity contribution in [1.29, 1.82) is 0 Å². The first kappa shape index (κ1) is 23.6. The molecule has 0 radical (unpaired) electrons. The fraction of sp³-hybridized carbons (Fsp3) is 0.417. The monoisotopic (exact) mass is 439 g/mol. The lowest BCUT2D eigenvalue weighted by Gasteiger charge is -2.35. The number of nitrogens with zero attached hydrogens (tertiary/aromatic N) is 2. The zero-order valence-corrected chi connectivity index (χ0v) is 19.1. The summed E-state index contributed by atoms with van der Waals surface area (Å²) in [6.07, 6.45) is 0. The molecule has 2 aromatic carbocycles. The van der Waals surface area contributed by atoms with E-state index in [9.17, 15) is 4.79 Å². The summed E-state index contributed by atoms with van der Waals surface area (Å²) in [5.74, 6) is 1.46. The van der Waals surface area contributed by atoms with E-state index in [-0.39, 0.29) is 11.9 Å². The van der Waals surface area contributed by atoms with Crippen molar-refractivity contribution in [2.24, 2.45) is 4.99 Å². The van der Waals surface area contributed by atoms with E-state index in [0.29, 0.717) is 24.6 Å². The third kappa shape index (κ3) is 6.45. The average molecular weight is 440 g/mol.